The van der Waals surface area contributed by atoms with E-state index in [9.17, 15) is 29.8 Å². The molecule has 4 amide bonds. The average Bonchev–Trinajstić information content (AvgIpc) is 2.77. The molecule has 0 unspecified atom stereocenters. The zero-order valence-corrected chi connectivity index (χ0v) is 20.4. The number of amides is 4. The van der Waals surface area contributed by atoms with E-state index in [2.05, 4.69) is 42.0 Å². The molecule has 1 saturated carbocycles. The Hall–Kier alpha value is -4.22. The quantitative estimate of drug-likeness (QED) is 0.308. The molecule has 192 valence electrons. The number of benzene rings is 2. The van der Waals surface area contributed by atoms with Gasteiger partial charge in [0.1, 0.15) is 0 Å². The number of urea groups is 2. The summed E-state index contributed by atoms with van der Waals surface area (Å²) in [6.07, 6.45) is 2.23. The predicted molar refractivity (Wildman–Crippen MR) is 135 cm³/mol. The molecule has 1 fully saturated rings. The van der Waals surface area contributed by atoms with E-state index in [1.165, 1.54) is 48.5 Å². The Morgan fingerprint density at radius 3 is 1.78 bits per heavy atom. The van der Waals surface area contributed by atoms with Crippen molar-refractivity contribution in [1.82, 2.24) is 10.6 Å². The van der Waals surface area contributed by atoms with Crippen LogP contribution in [0.25, 0.3) is 0 Å². The maximum absolute atomic E-state index is 12.6. The summed E-state index contributed by atoms with van der Waals surface area (Å²) in [6.45, 7) is 6.66. The molecule has 1 aliphatic rings. The lowest BCUT2D eigenvalue weighted by molar-refractivity contribution is -0.385. The second kappa shape index (κ2) is 10.6. The van der Waals surface area contributed by atoms with Crippen LogP contribution in [0, 0.1) is 31.1 Å². The third-order valence-electron chi connectivity index (χ3n) is 6.13. The molecule has 0 heterocycles. The summed E-state index contributed by atoms with van der Waals surface area (Å²) in [4.78, 5) is 45.6. The molecule has 1 aliphatic carbocycles. The zero-order valence-electron chi connectivity index (χ0n) is 20.4. The first-order valence-corrected chi connectivity index (χ1v) is 11.5. The number of carbonyl (C=O) groups is 2. The predicted octanol–water partition coefficient (Wildman–Crippen LogP) is 5.03. The van der Waals surface area contributed by atoms with Gasteiger partial charge in [-0.25, -0.2) is 9.59 Å². The molecule has 2 atom stereocenters. The summed E-state index contributed by atoms with van der Waals surface area (Å²) in [5.41, 5.74) is 0.384. The number of hydrogen-bond acceptors (Lipinski definition) is 6. The Morgan fingerprint density at radius 2 is 1.31 bits per heavy atom. The maximum Gasteiger partial charge on any atom is 0.319 e. The van der Waals surface area contributed by atoms with E-state index in [1.54, 1.807) is 0 Å². The standard InChI is InChI=1S/C24H30N6O6/c1-23(2)12-18(28-22(32)27-17-6-10-20(11-7-17)30(35)36)13-24(3,14-23)15-25-21(31)26-16-4-8-19(9-5-16)29(33)34/h4-11,18H,12-15H2,1-3H3,(H2,25,26,31)(H2,27,28,32)/t18-,24+/m1/s1. The Kier molecular flexibility index (Phi) is 7.76. The van der Waals surface area contributed by atoms with Crippen molar-refractivity contribution in [1.29, 1.82) is 0 Å². The SMILES string of the molecule is CC1(C)C[C@@H](NC(=O)Nc2ccc([N+](=O)[O-])cc2)C[C@](C)(CNC(=O)Nc2ccc([N+](=O)[O-])cc2)C1. The molecule has 12 nitrogen and oxygen atoms in total. The molecule has 0 aliphatic heterocycles. The van der Waals surface area contributed by atoms with E-state index in [4.69, 9.17) is 0 Å². The van der Waals surface area contributed by atoms with Gasteiger partial charge >= 0.3 is 12.1 Å². The van der Waals surface area contributed by atoms with Crippen molar-refractivity contribution in [2.75, 3.05) is 17.2 Å². The third-order valence-corrected chi connectivity index (χ3v) is 6.13. The van der Waals surface area contributed by atoms with E-state index in [0.717, 1.165) is 12.8 Å². The minimum absolute atomic E-state index is 0.0594. The van der Waals surface area contributed by atoms with Crippen LogP contribution in [0.5, 0.6) is 0 Å². The number of carbonyl (C=O) groups excluding carboxylic acids is 2. The summed E-state index contributed by atoms with van der Waals surface area (Å²) in [5, 5.41) is 32.8. The van der Waals surface area contributed by atoms with Crippen LogP contribution in [-0.2, 0) is 0 Å². The number of nitrogens with one attached hydrogen (secondary N) is 4. The number of nitrogens with zero attached hydrogens (tertiary/aromatic N) is 2. The topological polar surface area (TPSA) is 169 Å². The lowest BCUT2D eigenvalue weighted by Gasteiger charge is -2.46. The van der Waals surface area contributed by atoms with E-state index in [-0.39, 0.29) is 28.2 Å². The van der Waals surface area contributed by atoms with E-state index < -0.39 is 21.9 Å². The number of hydrogen-bond donors (Lipinski definition) is 4. The van der Waals surface area contributed by atoms with Crippen molar-refractivity contribution in [3.05, 3.63) is 68.8 Å². The highest BCUT2D eigenvalue weighted by Crippen LogP contribution is 2.45. The lowest BCUT2D eigenvalue weighted by atomic mass is 9.62. The molecular formula is C24H30N6O6. The second-order valence-corrected chi connectivity index (χ2v) is 10.3. The zero-order chi connectivity index (χ0) is 26.5. The van der Waals surface area contributed by atoms with E-state index in [1.807, 2.05) is 0 Å². The molecule has 0 aromatic heterocycles. The van der Waals surface area contributed by atoms with Crippen molar-refractivity contribution in [3.8, 4) is 0 Å². The molecule has 0 radical (unpaired) electrons. The van der Waals surface area contributed by atoms with Crippen LogP contribution in [-0.4, -0.2) is 34.5 Å². The summed E-state index contributed by atoms with van der Waals surface area (Å²) < 4.78 is 0. The Morgan fingerprint density at radius 1 is 0.833 bits per heavy atom. The minimum Gasteiger partial charge on any atom is -0.337 e. The Balaban J connectivity index is 1.55. The molecule has 4 N–H and O–H groups in total. The molecule has 2 aromatic carbocycles. The molecular weight excluding hydrogens is 468 g/mol. The first kappa shape index (κ1) is 26.4. The van der Waals surface area contributed by atoms with Crippen LogP contribution in [0.3, 0.4) is 0 Å². The van der Waals surface area contributed by atoms with Gasteiger partial charge in [-0.1, -0.05) is 20.8 Å². The molecule has 2 aromatic rings. The van der Waals surface area contributed by atoms with Crippen LogP contribution in [0.4, 0.5) is 32.3 Å². The fourth-order valence-electron chi connectivity index (χ4n) is 5.02. The lowest BCUT2D eigenvalue weighted by Crippen LogP contribution is -2.51. The van der Waals surface area contributed by atoms with Crippen molar-refractivity contribution < 1.29 is 19.4 Å². The molecule has 0 bridgehead atoms. The second-order valence-electron chi connectivity index (χ2n) is 10.3. The van der Waals surface area contributed by atoms with Crippen LogP contribution in [0.1, 0.15) is 40.0 Å². The summed E-state index contributed by atoms with van der Waals surface area (Å²) in [5.74, 6) is 0. The highest BCUT2D eigenvalue weighted by Gasteiger charge is 2.41. The number of nitro groups is 2. The van der Waals surface area contributed by atoms with Gasteiger partial charge in [0.25, 0.3) is 11.4 Å². The first-order chi connectivity index (χ1) is 16.8. The smallest absolute Gasteiger partial charge is 0.319 e. The molecule has 3 rings (SSSR count). The van der Waals surface area contributed by atoms with Crippen LogP contribution < -0.4 is 21.3 Å². The number of anilines is 2. The van der Waals surface area contributed by atoms with Crippen molar-refractivity contribution in [2.24, 2.45) is 10.8 Å². The normalized spacial score (nSPS) is 20.6. The van der Waals surface area contributed by atoms with Gasteiger partial charge < -0.3 is 21.3 Å². The van der Waals surface area contributed by atoms with Crippen molar-refractivity contribution in [3.63, 3.8) is 0 Å². The van der Waals surface area contributed by atoms with Crippen molar-refractivity contribution >= 4 is 34.8 Å². The van der Waals surface area contributed by atoms with E-state index in [0.29, 0.717) is 24.3 Å². The summed E-state index contributed by atoms with van der Waals surface area (Å²) in [7, 11) is 0. The van der Waals surface area contributed by atoms with Crippen LogP contribution >= 0.6 is 0 Å². The highest BCUT2D eigenvalue weighted by atomic mass is 16.6. The number of rotatable bonds is 7. The first-order valence-electron chi connectivity index (χ1n) is 11.5. The molecule has 36 heavy (non-hydrogen) atoms. The van der Waals surface area contributed by atoms with Crippen LogP contribution in [0.2, 0.25) is 0 Å². The summed E-state index contributed by atoms with van der Waals surface area (Å²) in [6, 6.07) is 10.2. The van der Waals surface area contributed by atoms with Gasteiger partial charge in [0.05, 0.1) is 9.85 Å². The minimum atomic E-state index is -0.508. The summed E-state index contributed by atoms with van der Waals surface area (Å²) >= 11 is 0. The van der Waals surface area contributed by atoms with E-state index >= 15 is 0 Å². The highest BCUT2D eigenvalue weighted by molar-refractivity contribution is 5.90. The third kappa shape index (κ3) is 7.39. The van der Waals surface area contributed by atoms with Gasteiger partial charge in [-0.2, -0.15) is 0 Å². The average molecular weight is 499 g/mol. The van der Waals surface area contributed by atoms with Crippen molar-refractivity contribution in [2.45, 2.75) is 46.1 Å². The molecule has 12 heteroatoms. The largest absolute Gasteiger partial charge is 0.337 e. The van der Waals surface area contributed by atoms with Gasteiger partial charge in [-0.05, 0) is 54.4 Å². The van der Waals surface area contributed by atoms with Gasteiger partial charge in [-0.3, -0.25) is 20.2 Å². The van der Waals surface area contributed by atoms with Gasteiger partial charge in [-0.15, -0.1) is 0 Å². The fraction of sp³-hybridized carbons (Fsp3) is 0.417. The number of nitro benzene ring substituents is 2. The monoisotopic (exact) mass is 498 g/mol. The Labute approximate surface area is 208 Å². The molecule has 0 saturated heterocycles. The van der Waals surface area contributed by atoms with Crippen LogP contribution in [0.15, 0.2) is 48.5 Å². The maximum atomic E-state index is 12.6. The molecule has 0 spiro atoms. The van der Waals surface area contributed by atoms with Gasteiger partial charge in [0.15, 0.2) is 0 Å². The number of non-ortho nitro benzene ring substituents is 2. The fourth-order valence-corrected chi connectivity index (χ4v) is 5.02. The van der Waals surface area contributed by atoms with Gasteiger partial charge in [0.2, 0.25) is 0 Å². The van der Waals surface area contributed by atoms with Gasteiger partial charge in [0, 0.05) is 48.2 Å². The Bertz CT molecular complexity index is 1130.